The minimum atomic E-state index is -0.0506. The Labute approximate surface area is 136 Å². The lowest BCUT2D eigenvalue weighted by Gasteiger charge is -2.35. The fourth-order valence-electron chi connectivity index (χ4n) is 2.55. The maximum absolute atomic E-state index is 4.59. The maximum Gasteiger partial charge on any atom is 0.247 e. The summed E-state index contributed by atoms with van der Waals surface area (Å²) in [5.41, 5.74) is -0.0506. The van der Waals surface area contributed by atoms with Gasteiger partial charge in [0, 0.05) is 37.9 Å². The van der Waals surface area contributed by atoms with Gasteiger partial charge in [-0.05, 0) is 32.9 Å². The number of hydrogen-bond donors (Lipinski definition) is 1. The lowest BCUT2D eigenvalue weighted by molar-refractivity contribution is 0.617. The Morgan fingerprint density at radius 3 is 2.43 bits per heavy atom. The lowest BCUT2D eigenvalue weighted by atomic mass is 10.1. The molecular formula is C16H23N7. The van der Waals surface area contributed by atoms with Crippen LogP contribution in [0, 0.1) is 0 Å². The number of nitrogens with zero attached hydrogens (tertiary/aromatic N) is 6. The van der Waals surface area contributed by atoms with Crippen LogP contribution in [-0.4, -0.2) is 51.9 Å². The van der Waals surface area contributed by atoms with Crippen molar-refractivity contribution in [1.82, 2.24) is 20.2 Å². The van der Waals surface area contributed by atoms with Crippen molar-refractivity contribution in [2.24, 2.45) is 0 Å². The first kappa shape index (κ1) is 15.5. The summed E-state index contributed by atoms with van der Waals surface area (Å²) >= 11 is 0. The van der Waals surface area contributed by atoms with Crippen LogP contribution in [0.25, 0.3) is 0 Å². The van der Waals surface area contributed by atoms with Crippen molar-refractivity contribution in [1.29, 1.82) is 0 Å². The number of nitrogens with one attached hydrogen (secondary N) is 1. The SMILES string of the molecule is CC(C)(C)Nc1cnnc(N2CCN(c3ccccn3)CC2)n1. The molecule has 1 saturated heterocycles. The van der Waals surface area contributed by atoms with Crippen LogP contribution in [0.5, 0.6) is 0 Å². The van der Waals surface area contributed by atoms with Crippen LogP contribution in [-0.2, 0) is 0 Å². The molecule has 0 spiro atoms. The summed E-state index contributed by atoms with van der Waals surface area (Å²) in [4.78, 5) is 13.4. The highest BCUT2D eigenvalue weighted by Gasteiger charge is 2.21. The summed E-state index contributed by atoms with van der Waals surface area (Å²) in [6, 6.07) is 6.00. The van der Waals surface area contributed by atoms with Gasteiger partial charge in [-0.2, -0.15) is 10.1 Å². The van der Waals surface area contributed by atoms with E-state index in [2.05, 4.69) is 56.1 Å². The highest BCUT2D eigenvalue weighted by Crippen LogP contribution is 2.17. The van der Waals surface area contributed by atoms with Crippen LogP contribution >= 0.6 is 0 Å². The maximum atomic E-state index is 4.59. The normalized spacial score (nSPS) is 15.6. The van der Waals surface area contributed by atoms with E-state index >= 15 is 0 Å². The van der Waals surface area contributed by atoms with Crippen LogP contribution in [0.2, 0.25) is 0 Å². The summed E-state index contributed by atoms with van der Waals surface area (Å²) in [6.07, 6.45) is 3.50. The Morgan fingerprint density at radius 1 is 1.04 bits per heavy atom. The molecule has 0 radical (unpaired) electrons. The molecule has 0 aromatic carbocycles. The van der Waals surface area contributed by atoms with Gasteiger partial charge in [0.15, 0.2) is 5.82 Å². The number of anilines is 3. The molecule has 0 aliphatic carbocycles. The fraction of sp³-hybridized carbons (Fsp3) is 0.500. The molecule has 122 valence electrons. The highest BCUT2D eigenvalue weighted by atomic mass is 15.4. The zero-order valence-corrected chi connectivity index (χ0v) is 13.9. The van der Waals surface area contributed by atoms with E-state index in [9.17, 15) is 0 Å². The number of piperazine rings is 1. The van der Waals surface area contributed by atoms with Crippen LogP contribution in [0.15, 0.2) is 30.6 Å². The van der Waals surface area contributed by atoms with Gasteiger partial charge in [-0.15, -0.1) is 5.10 Å². The third-order valence-corrected chi connectivity index (χ3v) is 3.59. The van der Waals surface area contributed by atoms with Gasteiger partial charge in [-0.25, -0.2) is 4.98 Å². The average molecular weight is 313 g/mol. The van der Waals surface area contributed by atoms with Crippen molar-refractivity contribution in [3.63, 3.8) is 0 Å². The molecule has 1 fully saturated rings. The molecule has 1 N–H and O–H groups in total. The molecule has 0 saturated carbocycles. The van der Waals surface area contributed by atoms with Crippen molar-refractivity contribution in [2.75, 3.05) is 41.3 Å². The zero-order chi connectivity index (χ0) is 16.3. The van der Waals surface area contributed by atoms with Gasteiger partial charge in [-0.1, -0.05) is 6.07 Å². The molecule has 3 heterocycles. The summed E-state index contributed by atoms with van der Waals surface area (Å²) in [6.45, 7) is 9.81. The predicted octanol–water partition coefficient (Wildman–Crippen LogP) is 1.80. The molecule has 1 aliphatic heterocycles. The summed E-state index contributed by atoms with van der Waals surface area (Å²) in [5, 5.41) is 11.6. The van der Waals surface area contributed by atoms with Gasteiger partial charge in [0.1, 0.15) is 5.82 Å². The Bertz CT molecular complexity index is 630. The zero-order valence-electron chi connectivity index (χ0n) is 13.9. The quantitative estimate of drug-likeness (QED) is 0.926. The third kappa shape index (κ3) is 4.06. The second-order valence-electron chi connectivity index (χ2n) is 6.68. The second kappa shape index (κ2) is 6.36. The molecule has 0 bridgehead atoms. The fourth-order valence-corrected chi connectivity index (χ4v) is 2.55. The summed E-state index contributed by atoms with van der Waals surface area (Å²) in [7, 11) is 0. The third-order valence-electron chi connectivity index (χ3n) is 3.59. The van der Waals surface area contributed by atoms with E-state index in [0.717, 1.165) is 37.8 Å². The van der Waals surface area contributed by atoms with Gasteiger partial charge in [0.2, 0.25) is 5.95 Å². The molecule has 23 heavy (non-hydrogen) atoms. The Hall–Kier alpha value is -2.44. The minimum Gasteiger partial charge on any atom is -0.364 e. The average Bonchev–Trinajstić information content (AvgIpc) is 2.55. The molecule has 7 nitrogen and oxygen atoms in total. The molecule has 0 unspecified atom stereocenters. The van der Waals surface area contributed by atoms with E-state index in [1.54, 1.807) is 6.20 Å². The van der Waals surface area contributed by atoms with E-state index in [1.807, 2.05) is 24.4 Å². The number of rotatable bonds is 3. The molecule has 1 aliphatic rings. The summed E-state index contributed by atoms with van der Waals surface area (Å²) < 4.78 is 0. The van der Waals surface area contributed by atoms with Crippen molar-refractivity contribution in [2.45, 2.75) is 26.3 Å². The predicted molar refractivity (Wildman–Crippen MR) is 91.9 cm³/mol. The topological polar surface area (TPSA) is 70.1 Å². The molecule has 3 rings (SSSR count). The molecule has 2 aromatic rings. The van der Waals surface area contributed by atoms with E-state index in [4.69, 9.17) is 0 Å². The highest BCUT2D eigenvalue weighted by molar-refractivity contribution is 5.44. The lowest BCUT2D eigenvalue weighted by Crippen LogP contribution is -2.47. The number of hydrogen-bond acceptors (Lipinski definition) is 7. The van der Waals surface area contributed by atoms with Crippen LogP contribution in [0.1, 0.15) is 20.8 Å². The minimum absolute atomic E-state index is 0.0506. The molecule has 0 amide bonds. The van der Waals surface area contributed by atoms with Gasteiger partial charge >= 0.3 is 0 Å². The summed E-state index contributed by atoms with van der Waals surface area (Å²) in [5.74, 6) is 2.46. The van der Waals surface area contributed by atoms with Crippen molar-refractivity contribution >= 4 is 17.6 Å². The first-order valence-corrected chi connectivity index (χ1v) is 7.90. The molecule has 7 heteroatoms. The van der Waals surface area contributed by atoms with Crippen molar-refractivity contribution < 1.29 is 0 Å². The van der Waals surface area contributed by atoms with E-state index in [0.29, 0.717) is 5.95 Å². The van der Waals surface area contributed by atoms with Gasteiger partial charge in [0.25, 0.3) is 0 Å². The Morgan fingerprint density at radius 2 is 1.78 bits per heavy atom. The molecule has 2 aromatic heterocycles. The number of pyridine rings is 1. The van der Waals surface area contributed by atoms with E-state index in [-0.39, 0.29) is 5.54 Å². The van der Waals surface area contributed by atoms with Crippen LogP contribution < -0.4 is 15.1 Å². The Balaban J connectivity index is 1.65. The number of aromatic nitrogens is 4. The van der Waals surface area contributed by atoms with E-state index < -0.39 is 0 Å². The van der Waals surface area contributed by atoms with Gasteiger partial charge in [0.05, 0.1) is 6.20 Å². The Kier molecular flexibility index (Phi) is 4.27. The smallest absolute Gasteiger partial charge is 0.247 e. The van der Waals surface area contributed by atoms with Crippen molar-refractivity contribution in [3.05, 3.63) is 30.6 Å². The standard InChI is InChI=1S/C16H23N7/c1-16(2,3)20-13-12-18-21-15(19-13)23-10-8-22(9-11-23)14-6-4-5-7-17-14/h4-7,12H,8-11H2,1-3H3,(H,19,20,21). The second-order valence-corrected chi connectivity index (χ2v) is 6.68. The monoisotopic (exact) mass is 313 g/mol. The van der Waals surface area contributed by atoms with Crippen LogP contribution in [0.3, 0.4) is 0 Å². The van der Waals surface area contributed by atoms with Crippen molar-refractivity contribution in [3.8, 4) is 0 Å². The first-order valence-electron chi connectivity index (χ1n) is 7.90. The molecule has 0 atom stereocenters. The van der Waals surface area contributed by atoms with Crippen LogP contribution in [0.4, 0.5) is 17.6 Å². The largest absolute Gasteiger partial charge is 0.364 e. The van der Waals surface area contributed by atoms with E-state index in [1.165, 1.54) is 0 Å². The van der Waals surface area contributed by atoms with Gasteiger partial charge in [-0.3, -0.25) is 0 Å². The first-order chi connectivity index (χ1) is 11.0. The van der Waals surface area contributed by atoms with Gasteiger partial charge < -0.3 is 15.1 Å². The molecular weight excluding hydrogens is 290 g/mol.